The van der Waals surface area contributed by atoms with Gasteiger partial charge < -0.3 is 10.2 Å². The van der Waals surface area contributed by atoms with Gasteiger partial charge in [0.15, 0.2) is 0 Å². The first-order valence-corrected chi connectivity index (χ1v) is 10.5. The molecule has 2 aromatic carbocycles. The maximum absolute atomic E-state index is 4.60. The van der Waals surface area contributed by atoms with Gasteiger partial charge in [-0.15, -0.1) is 0 Å². The van der Waals surface area contributed by atoms with Gasteiger partial charge in [0.1, 0.15) is 18.0 Å². The molecule has 0 atom stereocenters. The Labute approximate surface area is 176 Å². The predicted molar refractivity (Wildman–Crippen MR) is 122 cm³/mol. The zero-order chi connectivity index (χ0) is 20.3. The second kappa shape index (κ2) is 8.11. The van der Waals surface area contributed by atoms with E-state index in [9.17, 15) is 0 Å². The Balaban J connectivity index is 1.32. The minimum atomic E-state index is 0.781. The Hall–Kier alpha value is -3.47. The third kappa shape index (κ3) is 3.71. The number of aromatic nitrogens is 3. The molecule has 4 aromatic rings. The highest BCUT2D eigenvalue weighted by Crippen LogP contribution is 2.26. The van der Waals surface area contributed by atoms with Crippen molar-refractivity contribution in [3.8, 4) is 0 Å². The van der Waals surface area contributed by atoms with E-state index in [2.05, 4.69) is 86.7 Å². The lowest BCUT2D eigenvalue weighted by molar-refractivity contribution is 0.697. The van der Waals surface area contributed by atoms with Gasteiger partial charge in [-0.2, -0.15) is 0 Å². The molecule has 5 nitrogen and oxygen atoms in total. The Bertz CT molecular complexity index is 1160. The zero-order valence-electron chi connectivity index (χ0n) is 17.2. The summed E-state index contributed by atoms with van der Waals surface area (Å²) in [6, 6.07) is 19.3. The van der Waals surface area contributed by atoms with Gasteiger partial charge in [0.25, 0.3) is 0 Å². The average Bonchev–Trinajstić information content (AvgIpc) is 2.79. The summed E-state index contributed by atoms with van der Waals surface area (Å²) < 4.78 is 0. The van der Waals surface area contributed by atoms with Crippen molar-refractivity contribution in [2.24, 2.45) is 0 Å². The van der Waals surface area contributed by atoms with Crippen LogP contribution in [-0.4, -0.2) is 28.0 Å². The third-order valence-corrected chi connectivity index (χ3v) is 5.79. The molecule has 2 aromatic heterocycles. The lowest BCUT2D eigenvalue weighted by Crippen LogP contribution is -2.32. The Morgan fingerprint density at radius 3 is 2.77 bits per heavy atom. The number of fused-ring (bicyclic) bond motifs is 2. The number of aryl methyl sites for hydroxylation is 1. The van der Waals surface area contributed by atoms with Gasteiger partial charge in [-0.3, -0.25) is 0 Å². The molecule has 0 amide bonds. The van der Waals surface area contributed by atoms with E-state index < -0.39 is 0 Å². The molecule has 0 unspecified atom stereocenters. The lowest BCUT2D eigenvalue weighted by Gasteiger charge is -2.30. The summed E-state index contributed by atoms with van der Waals surface area (Å²) in [5.74, 6) is 1.95. The minimum Gasteiger partial charge on any atom is -0.369 e. The summed E-state index contributed by atoms with van der Waals surface area (Å²) in [4.78, 5) is 16.0. The van der Waals surface area contributed by atoms with E-state index >= 15 is 0 Å². The summed E-state index contributed by atoms with van der Waals surface area (Å²) in [5, 5.41) is 6.18. The number of pyridine rings is 1. The van der Waals surface area contributed by atoms with Crippen LogP contribution in [0.5, 0.6) is 0 Å². The van der Waals surface area contributed by atoms with Crippen LogP contribution in [0.4, 0.5) is 11.6 Å². The maximum Gasteiger partial charge on any atom is 0.134 e. The topological polar surface area (TPSA) is 53.9 Å². The molecule has 1 N–H and O–H groups in total. The van der Waals surface area contributed by atoms with Crippen LogP contribution in [-0.2, 0) is 19.4 Å². The minimum absolute atomic E-state index is 0.781. The van der Waals surface area contributed by atoms with Gasteiger partial charge in [0.2, 0.25) is 0 Å². The number of hydrogen-bond acceptors (Lipinski definition) is 5. The van der Waals surface area contributed by atoms with Crippen molar-refractivity contribution in [3.05, 3.63) is 89.5 Å². The molecule has 0 radical (unpaired) electrons. The first kappa shape index (κ1) is 18.6. The van der Waals surface area contributed by atoms with Crippen molar-refractivity contribution >= 4 is 22.4 Å². The van der Waals surface area contributed by atoms with Crippen LogP contribution >= 0.6 is 0 Å². The van der Waals surface area contributed by atoms with Crippen LogP contribution in [0.1, 0.15) is 22.4 Å². The Kier molecular flexibility index (Phi) is 5.01. The van der Waals surface area contributed by atoms with E-state index in [0.717, 1.165) is 49.8 Å². The van der Waals surface area contributed by atoms with Crippen LogP contribution < -0.4 is 10.2 Å². The molecule has 5 rings (SSSR count). The predicted octanol–water partition coefficient (Wildman–Crippen LogP) is 4.55. The summed E-state index contributed by atoms with van der Waals surface area (Å²) >= 11 is 0. The molecule has 1 aliphatic rings. The van der Waals surface area contributed by atoms with Gasteiger partial charge in [0.05, 0.1) is 5.69 Å². The molecule has 0 saturated heterocycles. The first-order chi connectivity index (χ1) is 14.8. The van der Waals surface area contributed by atoms with Crippen LogP contribution in [0.3, 0.4) is 0 Å². The lowest BCUT2D eigenvalue weighted by atomic mass is 10.0. The third-order valence-electron chi connectivity index (χ3n) is 5.79. The van der Waals surface area contributed by atoms with Crippen LogP contribution in [0.2, 0.25) is 0 Å². The molecule has 3 heterocycles. The summed E-state index contributed by atoms with van der Waals surface area (Å²) in [6.07, 6.45) is 5.46. The Morgan fingerprint density at radius 1 is 0.967 bits per heavy atom. The highest BCUT2D eigenvalue weighted by Gasteiger charge is 2.21. The summed E-state index contributed by atoms with van der Waals surface area (Å²) in [7, 11) is 0. The molecule has 0 aliphatic carbocycles. The van der Waals surface area contributed by atoms with Crippen molar-refractivity contribution in [2.75, 3.05) is 23.3 Å². The SMILES string of the molecule is Cc1ccc(N2CCc3ncnc(NCCc4cccc5ccccc45)c3C2)nc1. The van der Waals surface area contributed by atoms with Gasteiger partial charge in [-0.25, -0.2) is 15.0 Å². The van der Waals surface area contributed by atoms with E-state index in [-0.39, 0.29) is 0 Å². The van der Waals surface area contributed by atoms with Gasteiger partial charge in [0, 0.05) is 37.8 Å². The van der Waals surface area contributed by atoms with E-state index in [1.165, 1.54) is 27.5 Å². The molecular formula is C25H25N5. The molecule has 0 fully saturated rings. The maximum atomic E-state index is 4.60. The fourth-order valence-corrected chi connectivity index (χ4v) is 4.16. The standard InChI is InChI=1S/C25H25N5/c1-18-9-10-24(27-15-18)30-14-12-23-22(16-30)25(29-17-28-23)26-13-11-20-7-4-6-19-5-2-3-8-21(19)20/h2-10,15,17H,11-14,16H2,1H3,(H,26,28,29). The molecular weight excluding hydrogens is 370 g/mol. The van der Waals surface area contributed by atoms with Gasteiger partial charge in [-0.05, 0) is 41.3 Å². The van der Waals surface area contributed by atoms with Gasteiger partial charge >= 0.3 is 0 Å². The van der Waals surface area contributed by atoms with Crippen molar-refractivity contribution in [3.63, 3.8) is 0 Å². The highest BCUT2D eigenvalue weighted by molar-refractivity contribution is 5.85. The number of rotatable bonds is 5. The van der Waals surface area contributed by atoms with Crippen molar-refractivity contribution in [1.82, 2.24) is 15.0 Å². The fourth-order valence-electron chi connectivity index (χ4n) is 4.16. The molecule has 30 heavy (non-hydrogen) atoms. The quantitative estimate of drug-likeness (QED) is 0.537. The number of nitrogens with zero attached hydrogens (tertiary/aromatic N) is 4. The summed E-state index contributed by atoms with van der Waals surface area (Å²) in [5.41, 5.74) is 4.86. The number of nitrogens with one attached hydrogen (secondary N) is 1. The number of hydrogen-bond donors (Lipinski definition) is 1. The van der Waals surface area contributed by atoms with Crippen LogP contribution in [0.15, 0.2) is 67.1 Å². The summed E-state index contributed by atoms with van der Waals surface area (Å²) in [6.45, 7) is 4.60. The second-order valence-corrected chi connectivity index (χ2v) is 7.83. The first-order valence-electron chi connectivity index (χ1n) is 10.5. The van der Waals surface area contributed by atoms with E-state index in [4.69, 9.17) is 0 Å². The molecule has 150 valence electrons. The van der Waals surface area contributed by atoms with E-state index in [1.807, 2.05) is 6.20 Å². The number of anilines is 2. The average molecular weight is 396 g/mol. The van der Waals surface area contributed by atoms with Gasteiger partial charge in [-0.1, -0.05) is 48.5 Å². The molecule has 0 bridgehead atoms. The van der Waals surface area contributed by atoms with E-state index in [0.29, 0.717) is 0 Å². The molecule has 1 aliphatic heterocycles. The van der Waals surface area contributed by atoms with Crippen LogP contribution in [0, 0.1) is 6.92 Å². The van der Waals surface area contributed by atoms with Crippen molar-refractivity contribution < 1.29 is 0 Å². The second-order valence-electron chi connectivity index (χ2n) is 7.83. The molecule has 0 saturated carbocycles. The molecule has 0 spiro atoms. The number of benzene rings is 2. The van der Waals surface area contributed by atoms with Crippen LogP contribution in [0.25, 0.3) is 10.8 Å². The smallest absolute Gasteiger partial charge is 0.134 e. The fraction of sp³-hybridized carbons (Fsp3) is 0.240. The zero-order valence-corrected chi connectivity index (χ0v) is 17.2. The van der Waals surface area contributed by atoms with Crippen molar-refractivity contribution in [1.29, 1.82) is 0 Å². The molecule has 5 heteroatoms. The largest absolute Gasteiger partial charge is 0.369 e. The Morgan fingerprint density at radius 2 is 1.87 bits per heavy atom. The monoisotopic (exact) mass is 395 g/mol. The normalized spacial score (nSPS) is 13.3. The highest BCUT2D eigenvalue weighted by atomic mass is 15.2. The van der Waals surface area contributed by atoms with E-state index in [1.54, 1.807) is 6.33 Å². The van der Waals surface area contributed by atoms with Crippen molar-refractivity contribution in [2.45, 2.75) is 26.3 Å².